The van der Waals surface area contributed by atoms with Crippen LogP contribution >= 0.6 is 0 Å². The van der Waals surface area contributed by atoms with E-state index in [9.17, 15) is 4.79 Å². The molecule has 0 amide bonds. The van der Waals surface area contributed by atoms with Crippen molar-refractivity contribution in [1.29, 1.82) is 0 Å². The average Bonchev–Trinajstić information content (AvgIpc) is 2.63. The highest BCUT2D eigenvalue weighted by atomic mass is 16.1. The van der Waals surface area contributed by atoms with Gasteiger partial charge in [0.05, 0.1) is 0 Å². The molecule has 0 aromatic heterocycles. The Morgan fingerprint density at radius 3 is 2.64 bits per heavy atom. The van der Waals surface area contributed by atoms with Crippen molar-refractivity contribution < 1.29 is 4.79 Å². The summed E-state index contributed by atoms with van der Waals surface area (Å²) in [7, 11) is 0. The second kappa shape index (κ2) is 3.35. The molecule has 11 heavy (non-hydrogen) atoms. The largest absolute Gasteiger partial charge is 0.330 e. The molecule has 0 bridgehead atoms. The molecule has 0 unspecified atom stereocenters. The van der Waals surface area contributed by atoms with Crippen LogP contribution in [-0.2, 0) is 4.79 Å². The summed E-state index contributed by atoms with van der Waals surface area (Å²) in [5.74, 6) is 1.76. The Labute approximate surface area is 68.2 Å². The van der Waals surface area contributed by atoms with E-state index in [-0.39, 0.29) is 0 Å². The summed E-state index contributed by atoms with van der Waals surface area (Å²) < 4.78 is 0. The quantitative estimate of drug-likeness (QED) is 0.662. The number of hydrogen-bond acceptors (Lipinski definition) is 2. The van der Waals surface area contributed by atoms with Crippen molar-refractivity contribution in [2.24, 2.45) is 23.5 Å². The van der Waals surface area contributed by atoms with Crippen LogP contribution in [0.2, 0.25) is 0 Å². The summed E-state index contributed by atoms with van der Waals surface area (Å²) in [5, 5.41) is 0. The van der Waals surface area contributed by atoms with Crippen LogP contribution in [-0.4, -0.2) is 12.3 Å². The molecule has 1 saturated carbocycles. The number of nitrogens with two attached hydrogens (primary N) is 1. The summed E-state index contributed by atoms with van der Waals surface area (Å²) in [5.41, 5.74) is 5.44. The lowest BCUT2D eigenvalue weighted by Crippen LogP contribution is -2.10. The zero-order valence-electron chi connectivity index (χ0n) is 7.34. The molecule has 0 saturated heterocycles. The maximum Gasteiger partial charge on any atom is 0.136 e. The predicted molar refractivity (Wildman–Crippen MR) is 45.1 cm³/mol. The zero-order valence-corrected chi connectivity index (χ0v) is 7.34. The first kappa shape index (κ1) is 8.72. The van der Waals surface area contributed by atoms with Gasteiger partial charge in [0.15, 0.2) is 0 Å². The summed E-state index contributed by atoms with van der Waals surface area (Å²) in [6.07, 6.45) is 1.78. The molecule has 2 heteroatoms. The highest BCUT2D eigenvalue weighted by molar-refractivity contribution is 5.83. The van der Waals surface area contributed by atoms with Crippen LogP contribution in [0.4, 0.5) is 0 Å². The van der Waals surface area contributed by atoms with E-state index in [4.69, 9.17) is 5.73 Å². The minimum atomic E-state index is 0.322. The predicted octanol–water partition coefficient (Wildman–Crippen LogP) is 1.20. The van der Waals surface area contributed by atoms with Crippen molar-refractivity contribution in [2.45, 2.75) is 26.7 Å². The van der Waals surface area contributed by atoms with Crippen molar-refractivity contribution in [3.63, 3.8) is 0 Å². The summed E-state index contributed by atoms with van der Waals surface area (Å²) in [6, 6.07) is 0. The molecular formula is C9H17NO. The SMILES string of the molecule is CC(C)CC(=O)[C@H]1C[C@H]1CN. The van der Waals surface area contributed by atoms with Gasteiger partial charge >= 0.3 is 0 Å². The summed E-state index contributed by atoms with van der Waals surface area (Å²) in [6.45, 7) is 4.85. The Kier molecular flexibility index (Phi) is 2.66. The standard InChI is InChI=1S/C9H17NO/c1-6(2)3-9(11)8-4-7(8)5-10/h6-8H,3-5,10H2,1-2H3/t7-,8-/m0/s1. The lowest BCUT2D eigenvalue weighted by atomic mass is 10.0. The molecule has 0 aliphatic heterocycles. The van der Waals surface area contributed by atoms with Gasteiger partial charge in [0.1, 0.15) is 5.78 Å². The van der Waals surface area contributed by atoms with E-state index in [2.05, 4.69) is 13.8 Å². The van der Waals surface area contributed by atoms with Crippen LogP contribution in [0.1, 0.15) is 26.7 Å². The van der Waals surface area contributed by atoms with Crippen molar-refractivity contribution >= 4 is 5.78 Å². The molecule has 0 radical (unpaired) electrons. The van der Waals surface area contributed by atoms with Gasteiger partial charge < -0.3 is 5.73 Å². The molecule has 0 spiro atoms. The molecule has 1 aliphatic rings. The molecule has 2 N–H and O–H groups in total. The third-order valence-corrected chi connectivity index (χ3v) is 2.25. The van der Waals surface area contributed by atoms with Gasteiger partial charge in [0.2, 0.25) is 0 Å². The number of ketones is 1. The minimum absolute atomic E-state index is 0.322. The first-order valence-electron chi connectivity index (χ1n) is 4.38. The van der Waals surface area contributed by atoms with Crippen LogP contribution < -0.4 is 5.73 Å². The van der Waals surface area contributed by atoms with Crippen LogP contribution in [0.15, 0.2) is 0 Å². The fourth-order valence-corrected chi connectivity index (χ4v) is 1.46. The molecule has 0 aromatic rings. The Hall–Kier alpha value is -0.370. The molecule has 0 heterocycles. The maximum atomic E-state index is 11.3. The molecule has 2 nitrogen and oxygen atoms in total. The van der Waals surface area contributed by atoms with Gasteiger partial charge in [-0.25, -0.2) is 0 Å². The first-order valence-corrected chi connectivity index (χ1v) is 4.38. The second-order valence-electron chi connectivity index (χ2n) is 3.90. The van der Waals surface area contributed by atoms with Crippen molar-refractivity contribution in [3.05, 3.63) is 0 Å². The lowest BCUT2D eigenvalue weighted by Gasteiger charge is -2.01. The van der Waals surface area contributed by atoms with Gasteiger partial charge in [0, 0.05) is 12.3 Å². The van der Waals surface area contributed by atoms with Crippen molar-refractivity contribution in [2.75, 3.05) is 6.54 Å². The molecule has 64 valence electrons. The van der Waals surface area contributed by atoms with Gasteiger partial charge in [-0.2, -0.15) is 0 Å². The van der Waals surface area contributed by atoms with Gasteiger partial charge in [-0.3, -0.25) is 4.79 Å². The Morgan fingerprint density at radius 2 is 2.27 bits per heavy atom. The van der Waals surface area contributed by atoms with Crippen LogP contribution in [0, 0.1) is 17.8 Å². The molecule has 0 aromatic carbocycles. The van der Waals surface area contributed by atoms with Crippen LogP contribution in [0.3, 0.4) is 0 Å². The monoisotopic (exact) mass is 155 g/mol. The second-order valence-corrected chi connectivity index (χ2v) is 3.90. The molecular weight excluding hydrogens is 138 g/mol. The number of Topliss-reactive ketones (excluding diaryl/α,β-unsaturated/α-hetero) is 1. The van der Waals surface area contributed by atoms with Gasteiger partial charge in [0.25, 0.3) is 0 Å². The number of hydrogen-bond donors (Lipinski definition) is 1. The fraction of sp³-hybridized carbons (Fsp3) is 0.889. The van der Waals surface area contributed by atoms with Gasteiger partial charge in [-0.1, -0.05) is 13.8 Å². The maximum absolute atomic E-state index is 11.3. The fourth-order valence-electron chi connectivity index (χ4n) is 1.46. The highest BCUT2D eigenvalue weighted by Crippen LogP contribution is 2.39. The van der Waals surface area contributed by atoms with Crippen LogP contribution in [0.5, 0.6) is 0 Å². The van der Waals surface area contributed by atoms with Gasteiger partial charge in [-0.15, -0.1) is 0 Å². The lowest BCUT2D eigenvalue weighted by molar-refractivity contribution is -0.121. The summed E-state index contributed by atoms with van der Waals surface area (Å²) in [4.78, 5) is 11.3. The number of carbonyl (C=O) groups is 1. The topological polar surface area (TPSA) is 43.1 Å². The van der Waals surface area contributed by atoms with E-state index >= 15 is 0 Å². The Balaban J connectivity index is 2.23. The highest BCUT2D eigenvalue weighted by Gasteiger charge is 2.40. The van der Waals surface area contributed by atoms with E-state index in [1.807, 2.05) is 0 Å². The molecule has 1 rings (SSSR count). The van der Waals surface area contributed by atoms with E-state index in [1.54, 1.807) is 0 Å². The summed E-state index contributed by atoms with van der Waals surface area (Å²) >= 11 is 0. The normalized spacial score (nSPS) is 29.1. The van der Waals surface area contributed by atoms with Crippen LogP contribution in [0.25, 0.3) is 0 Å². The zero-order chi connectivity index (χ0) is 8.43. The third kappa shape index (κ3) is 2.29. The van der Waals surface area contributed by atoms with Crippen molar-refractivity contribution in [1.82, 2.24) is 0 Å². The van der Waals surface area contributed by atoms with Gasteiger partial charge in [-0.05, 0) is 24.8 Å². The smallest absolute Gasteiger partial charge is 0.136 e. The van der Waals surface area contributed by atoms with E-state index < -0.39 is 0 Å². The average molecular weight is 155 g/mol. The Bertz CT molecular complexity index is 154. The van der Waals surface area contributed by atoms with E-state index in [0.29, 0.717) is 30.1 Å². The minimum Gasteiger partial charge on any atom is -0.330 e. The third-order valence-electron chi connectivity index (χ3n) is 2.25. The number of carbonyl (C=O) groups excluding carboxylic acids is 1. The van der Waals surface area contributed by atoms with Crippen molar-refractivity contribution in [3.8, 4) is 0 Å². The number of rotatable bonds is 4. The molecule has 2 atom stereocenters. The first-order chi connectivity index (χ1) is 5.15. The molecule has 1 aliphatic carbocycles. The van der Waals surface area contributed by atoms with E-state index in [0.717, 1.165) is 12.8 Å². The van der Waals surface area contributed by atoms with E-state index in [1.165, 1.54) is 0 Å². The molecule has 1 fully saturated rings. The Morgan fingerprint density at radius 1 is 1.64 bits per heavy atom.